The summed E-state index contributed by atoms with van der Waals surface area (Å²) in [6.45, 7) is 4.63. The van der Waals surface area contributed by atoms with Crippen LogP contribution in [-0.4, -0.2) is 46.1 Å². The summed E-state index contributed by atoms with van der Waals surface area (Å²) in [5.74, 6) is 0. The van der Waals surface area contributed by atoms with E-state index in [9.17, 15) is 5.26 Å². The highest BCUT2D eigenvalue weighted by atomic mass is 15.4. The molecule has 6 heteroatoms. The molecule has 2 heterocycles. The van der Waals surface area contributed by atoms with Crippen LogP contribution < -0.4 is 4.90 Å². The van der Waals surface area contributed by atoms with E-state index in [1.165, 1.54) is 0 Å². The molecule has 0 bridgehead atoms. The molecule has 1 fully saturated rings. The van der Waals surface area contributed by atoms with Crippen LogP contribution in [0.2, 0.25) is 0 Å². The van der Waals surface area contributed by atoms with Gasteiger partial charge in [0, 0.05) is 46.0 Å². The summed E-state index contributed by atoms with van der Waals surface area (Å²) < 4.78 is 1.73. The van der Waals surface area contributed by atoms with Crippen molar-refractivity contribution in [2.24, 2.45) is 7.05 Å². The Bertz CT molecular complexity index is 648. The number of anilines is 1. The molecule has 0 aliphatic carbocycles. The second-order valence-electron chi connectivity index (χ2n) is 5.28. The first-order valence-electron chi connectivity index (χ1n) is 7.08. The van der Waals surface area contributed by atoms with E-state index in [0.29, 0.717) is 0 Å². The minimum absolute atomic E-state index is 0.750. The van der Waals surface area contributed by atoms with E-state index in [4.69, 9.17) is 0 Å². The molecule has 0 unspecified atom stereocenters. The van der Waals surface area contributed by atoms with Gasteiger partial charge in [0.25, 0.3) is 0 Å². The van der Waals surface area contributed by atoms with E-state index < -0.39 is 0 Å². The summed E-state index contributed by atoms with van der Waals surface area (Å²) in [4.78, 5) is 4.65. The highest BCUT2D eigenvalue weighted by Gasteiger charge is 2.19. The fourth-order valence-corrected chi connectivity index (χ4v) is 2.69. The average Bonchev–Trinajstić information content (AvgIpc) is 2.93. The van der Waals surface area contributed by atoms with Crippen LogP contribution in [0.15, 0.2) is 30.5 Å². The van der Waals surface area contributed by atoms with Crippen molar-refractivity contribution in [1.82, 2.24) is 19.9 Å². The van der Waals surface area contributed by atoms with Crippen molar-refractivity contribution in [1.29, 1.82) is 5.26 Å². The van der Waals surface area contributed by atoms with Crippen molar-refractivity contribution in [3.63, 3.8) is 0 Å². The van der Waals surface area contributed by atoms with Gasteiger partial charge in [-0.05, 0) is 12.1 Å². The number of para-hydroxylation sites is 1. The normalized spacial score (nSPS) is 15.9. The van der Waals surface area contributed by atoms with E-state index in [2.05, 4.69) is 26.2 Å². The van der Waals surface area contributed by atoms with E-state index in [1.807, 2.05) is 37.5 Å². The van der Waals surface area contributed by atoms with E-state index >= 15 is 0 Å². The third-order valence-corrected chi connectivity index (χ3v) is 3.77. The van der Waals surface area contributed by atoms with Gasteiger partial charge in [-0.25, -0.2) is 0 Å². The van der Waals surface area contributed by atoms with Crippen LogP contribution in [0.1, 0.15) is 11.3 Å². The van der Waals surface area contributed by atoms with E-state index in [0.717, 1.165) is 49.7 Å². The first-order valence-corrected chi connectivity index (χ1v) is 7.08. The number of nitrogens with zero attached hydrogens (tertiary/aromatic N) is 6. The van der Waals surface area contributed by atoms with Crippen molar-refractivity contribution in [3.05, 3.63) is 41.7 Å². The van der Waals surface area contributed by atoms with Crippen molar-refractivity contribution >= 4 is 5.69 Å². The quantitative estimate of drug-likeness (QED) is 0.841. The van der Waals surface area contributed by atoms with Gasteiger partial charge < -0.3 is 4.90 Å². The molecule has 1 aliphatic heterocycles. The lowest BCUT2D eigenvalue weighted by Gasteiger charge is -2.36. The van der Waals surface area contributed by atoms with Crippen molar-refractivity contribution < 1.29 is 0 Å². The second-order valence-corrected chi connectivity index (χ2v) is 5.28. The minimum atomic E-state index is 0.750. The number of aromatic nitrogens is 3. The zero-order valence-electron chi connectivity index (χ0n) is 12.1. The number of nitriles is 1. The van der Waals surface area contributed by atoms with Crippen LogP contribution in [0, 0.1) is 11.3 Å². The molecular formula is C15H18N6. The minimum Gasteiger partial charge on any atom is -0.368 e. The monoisotopic (exact) mass is 282 g/mol. The molecule has 1 aromatic heterocycles. The lowest BCUT2D eigenvalue weighted by molar-refractivity contribution is 0.247. The predicted octanol–water partition coefficient (Wildman–Crippen LogP) is 1.01. The molecule has 0 saturated carbocycles. The van der Waals surface area contributed by atoms with Gasteiger partial charge in [-0.15, -0.1) is 5.10 Å². The van der Waals surface area contributed by atoms with Gasteiger partial charge in [0.2, 0.25) is 0 Å². The first-order chi connectivity index (χ1) is 10.3. The number of benzene rings is 1. The van der Waals surface area contributed by atoms with Crippen LogP contribution in [0.25, 0.3) is 0 Å². The van der Waals surface area contributed by atoms with Crippen LogP contribution in [0.3, 0.4) is 0 Å². The topological polar surface area (TPSA) is 61.0 Å². The largest absolute Gasteiger partial charge is 0.368 e. The molecule has 0 atom stereocenters. The van der Waals surface area contributed by atoms with E-state index in [1.54, 1.807) is 4.68 Å². The lowest BCUT2D eigenvalue weighted by Crippen LogP contribution is -2.46. The van der Waals surface area contributed by atoms with E-state index in [-0.39, 0.29) is 0 Å². The van der Waals surface area contributed by atoms with Crippen molar-refractivity contribution in [3.8, 4) is 6.07 Å². The highest BCUT2D eigenvalue weighted by molar-refractivity contribution is 5.59. The van der Waals surface area contributed by atoms with Crippen LogP contribution in [-0.2, 0) is 13.6 Å². The SMILES string of the molecule is Cn1cc(CN2CCN(c3ccccc3C#N)CC2)nn1. The Morgan fingerprint density at radius 2 is 1.95 bits per heavy atom. The zero-order valence-corrected chi connectivity index (χ0v) is 12.1. The van der Waals surface area contributed by atoms with Crippen LogP contribution in [0.4, 0.5) is 5.69 Å². The Balaban J connectivity index is 1.61. The zero-order chi connectivity index (χ0) is 14.7. The average molecular weight is 282 g/mol. The molecule has 3 rings (SSSR count). The van der Waals surface area contributed by atoms with Gasteiger partial charge in [-0.1, -0.05) is 17.3 Å². The Morgan fingerprint density at radius 3 is 2.62 bits per heavy atom. The Kier molecular flexibility index (Phi) is 3.84. The van der Waals surface area contributed by atoms with Gasteiger partial charge in [-0.3, -0.25) is 9.58 Å². The number of aryl methyl sites for hydroxylation is 1. The third-order valence-electron chi connectivity index (χ3n) is 3.77. The molecule has 2 aromatic rings. The molecule has 1 aliphatic rings. The van der Waals surface area contributed by atoms with Crippen molar-refractivity contribution in [2.75, 3.05) is 31.1 Å². The Labute approximate surface area is 124 Å². The smallest absolute Gasteiger partial charge is 0.101 e. The summed E-state index contributed by atoms with van der Waals surface area (Å²) >= 11 is 0. The van der Waals surface area contributed by atoms with Crippen LogP contribution in [0.5, 0.6) is 0 Å². The summed E-state index contributed by atoms with van der Waals surface area (Å²) in [6, 6.07) is 10.1. The molecule has 0 spiro atoms. The first kappa shape index (κ1) is 13.6. The third kappa shape index (κ3) is 3.03. The summed E-state index contributed by atoms with van der Waals surface area (Å²) in [6.07, 6.45) is 1.96. The maximum Gasteiger partial charge on any atom is 0.101 e. The van der Waals surface area contributed by atoms with Gasteiger partial charge in [0.1, 0.15) is 6.07 Å². The maximum absolute atomic E-state index is 9.19. The molecule has 108 valence electrons. The number of piperazine rings is 1. The Hall–Kier alpha value is -2.39. The fraction of sp³-hybridized carbons (Fsp3) is 0.400. The molecule has 21 heavy (non-hydrogen) atoms. The fourth-order valence-electron chi connectivity index (χ4n) is 2.69. The molecule has 1 saturated heterocycles. The number of hydrogen-bond donors (Lipinski definition) is 0. The van der Waals surface area contributed by atoms with Gasteiger partial charge in [-0.2, -0.15) is 5.26 Å². The summed E-state index contributed by atoms with van der Waals surface area (Å²) in [7, 11) is 1.88. The molecule has 1 aromatic carbocycles. The second kappa shape index (κ2) is 5.94. The molecule has 6 nitrogen and oxygen atoms in total. The maximum atomic E-state index is 9.19. The highest BCUT2D eigenvalue weighted by Crippen LogP contribution is 2.21. The van der Waals surface area contributed by atoms with Crippen LogP contribution >= 0.6 is 0 Å². The Morgan fingerprint density at radius 1 is 1.19 bits per heavy atom. The molecule has 0 radical (unpaired) electrons. The standard InChI is InChI=1S/C15H18N6/c1-19-11-14(17-18-19)12-20-6-8-21(9-7-20)15-5-3-2-4-13(15)10-16/h2-5,11H,6-9,12H2,1H3. The summed E-state index contributed by atoms with van der Waals surface area (Å²) in [5, 5.41) is 17.3. The molecular weight excluding hydrogens is 264 g/mol. The summed E-state index contributed by atoms with van der Waals surface area (Å²) in [5.41, 5.74) is 2.79. The van der Waals surface area contributed by atoms with Gasteiger partial charge >= 0.3 is 0 Å². The molecule has 0 N–H and O–H groups in total. The van der Waals surface area contributed by atoms with Crippen molar-refractivity contribution in [2.45, 2.75) is 6.54 Å². The van der Waals surface area contributed by atoms with Gasteiger partial charge in [0.05, 0.1) is 16.9 Å². The molecule has 0 amide bonds. The van der Waals surface area contributed by atoms with Gasteiger partial charge in [0.15, 0.2) is 0 Å². The predicted molar refractivity (Wildman–Crippen MR) is 79.7 cm³/mol. The lowest BCUT2D eigenvalue weighted by atomic mass is 10.1. The number of rotatable bonds is 3. The number of hydrogen-bond acceptors (Lipinski definition) is 5.